The van der Waals surface area contributed by atoms with E-state index in [1.165, 1.54) is 12.0 Å². The zero-order chi connectivity index (χ0) is 15.8. The highest BCUT2D eigenvalue weighted by molar-refractivity contribution is 7.09. The van der Waals surface area contributed by atoms with E-state index < -0.39 is 0 Å². The van der Waals surface area contributed by atoms with Gasteiger partial charge in [0.1, 0.15) is 0 Å². The average molecular weight is 319 g/mol. The molecule has 0 amide bonds. The number of thiophene rings is 1. The molecule has 0 atom stereocenters. The molecule has 0 aliphatic heterocycles. The summed E-state index contributed by atoms with van der Waals surface area (Å²) >= 11 is 1.72. The number of hydrogen-bond donors (Lipinski definition) is 3. The van der Waals surface area contributed by atoms with Gasteiger partial charge in [-0.2, -0.15) is 0 Å². The van der Waals surface area contributed by atoms with Gasteiger partial charge >= 0.3 is 0 Å². The fourth-order valence-electron chi connectivity index (χ4n) is 2.06. The molecule has 118 valence electrons. The van der Waals surface area contributed by atoms with Crippen LogP contribution in [0.1, 0.15) is 10.4 Å². The van der Waals surface area contributed by atoms with Gasteiger partial charge in [-0.05, 0) is 29.5 Å². The average Bonchev–Trinajstić information content (AvgIpc) is 3.02. The second kappa shape index (κ2) is 8.29. The van der Waals surface area contributed by atoms with Crippen molar-refractivity contribution in [2.45, 2.75) is 12.8 Å². The number of ether oxygens (including phenoxy) is 1. The Bertz CT molecular complexity index is 612. The summed E-state index contributed by atoms with van der Waals surface area (Å²) in [4.78, 5) is 5.59. The van der Waals surface area contributed by atoms with Crippen LogP contribution in [0, 0.1) is 0 Å². The summed E-state index contributed by atoms with van der Waals surface area (Å²) in [6, 6.07) is 9.57. The predicted molar refractivity (Wildman–Crippen MR) is 90.9 cm³/mol. The van der Waals surface area contributed by atoms with Crippen LogP contribution in [0.25, 0.3) is 0 Å². The van der Waals surface area contributed by atoms with Gasteiger partial charge < -0.3 is 20.9 Å². The highest BCUT2D eigenvalue weighted by Gasteiger charge is 2.06. The summed E-state index contributed by atoms with van der Waals surface area (Å²) < 4.78 is 5.08. The van der Waals surface area contributed by atoms with Gasteiger partial charge in [0.2, 0.25) is 0 Å². The van der Waals surface area contributed by atoms with E-state index in [-0.39, 0.29) is 5.75 Å². The maximum absolute atomic E-state index is 9.99. The Morgan fingerprint density at radius 3 is 2.91 bits per heavy atom. The molecule has 0 radical (unpaired) electrons. The summed E-state index contributed by atoms with van der Waals surface area (Å²) in [6.07, 6.45) is 1.54. The van der Waals surface area contributed by atoms with Crippen LogP contribution < -0.4 is 15.8 Å². The number of rotatable bonds is 7. The van der Waals surface area contributed by atoms with E-state index in [1.807, 2.05) is 18.2 Å². The molecule has 0 bridgehead atoms. The van der Waals surface area contributed by atoms with E-state index >= 15 is 0 Å². The zero-order valence-electron chi connectivity index (χ0n) is 12.6. The SMILES string of the molecule is COc1cccc(CCNC(N)=NCCc2cccs2)c1O. The molecule has 4 N–H and O–H groups in total. The molecule has 0 aliphatic rings. The molecule has 0 saturated heterocycles. The van der Waals surface area contributed by atoms with Crippen molar-refractivity contribution in [2.24, 2.45) is 10.7 Å². The molecule has 2 aromatic rings. The lowest BCUT2D eigenvalue weighted by Gasteiger charge is -2.09. The number of nitrogens with zero attached hydrogens (tertiary/aromatic N) is 1. The summed E-state index contributed by atoms with van der Waals surface area (Å²) in [6.45, 7) is 1.28. The number of para-hydroxylation sites is 1. The molecule has 6 heteroatoms. The molecule has 5 nitrogen and oxygen atoms in total. The van der Waals surface area contributed by atoms with Gasteiger partial charge in [0.05, 0.1) is 7.11 Å². The number of nitrogens with one attached hydrogen (secondary N) is 1. The minimum atomic E-state index is 0.181. The van der Waals surface area contributed by atoms with Gasteiger partial charge in [-0.3, -0.25) is 4.99 Å². The van der Waals surface area contributed by atoms with Crippen LogP contribution in [0.5, 0.6) is 11.5 Å². The standard InChI is InChI=1S/C16H21N3O2S/c1-21-14-6-2-4-12(15(14)20)7-9-18-16(17)19-10-8-13-5-3-11-22-13/h2-6,11,20H,7-10H2,1H3,(H3,17,18,19). The monoisotopic (exact) mass is 319 g/mol. The van der Waals surface area contributed by atoms with Gasteiger partial charge in [-0.25, -0.2) is 0 Å². The van der Waals surface area contributed by atoms with Crippen LogP contribution in [0.15, 0.2) is 40.7 Å². The summed E-state index contributed by atoms with van der Waals surface area (Å²) in [7, 11) is 1.54. The molecule has 1 aromatic heterocycles. The van der Waals surface area contributed by atoms with Crippen molar-refractivity contribution < 1.29 is 9.84 Å². The van der Waals surface area contributed by atoms with E-state index in [9.17, 15) is 5.11 Å². The normalized spacial score (nSPS) is 11.4. The van der Waals surface area contributed by atoms with Crippen molar-refractivity contribution in [1.29, 1.82) is 0 Å². The molecular formula is C16H21N3O2S. The smallest absolute Gasteiger partial charge is 0.188 e. The lowest BCUT2D eigenvalue weighted by molar-refractivity contribution is 0.370. The Hall–Kier alpha value is -2.21. The van der Waals surface area contributed by atoms with Crippen LogP contribution in [-0.2, 0) is 12.8 Å². The fourth-order valence-corrected chi connectivity index (χ4v) is 2.75. The van der Waals surface area contributed by atoms with Crippen LogP contribution in [0.2, 0.25) is 0 Å². The highest BCUT2D eigenvalue weighted by atomic mass is 32.1. The molecule has 0 unspecified atom stereocenters. The van der Waals surface area contributed by atoms with Gasteiger partial charge in [0, 0.05) is 24.4 Å². The lowest BCUT2D eigenvalue weighted by atomic mass is 10.1. The van der Waals surface area contributed by atoms with Crippen molar-refractivity contribution in [2.75, 3.05) is 20.2 Å². The number of aromatic hydroxyl groups is 1. The van der Waals surface area contributed by atoms with Crippen molar-refractivity contribution >= 4 is 17.3 Å². The topological polar surface area (TPSA) is 79.9 Å². The van der Waals surface area contributed by atoms with E-state index in [0.29, 0.717) is 31.2 Å². The zero-order valence-corrected chi connectivity index (χ0v) is 13.4. The molecular weight excluding hydrogens is 298 g/mol. The predicted octanol–water partition coefficient (Wildman–Crippen LogP) is 2.15. The first-order chi connectivity index (χ1) is 10.7. The van der Waals surface area contributed by atoms with E-state index in [0.717, 1.165) is 12.0 Å². The molecule has 1 aromatic carbocycles. The molecule has 0 spiro atoms. The highest BCUT2D eigenvalue weighted by Crippen LogP contribution is 2.29. The molecule has 2 rings (SSSR count). The van der Waals surface area contributed by atoms with E-state index in [2.05, 4.69) is 21.8 Å². The molecule has 22 heavy (non-hydrogen) atoms. The first-order valence-electron chi connectivity index (χ1n) is 7.11. The number of benzene rings is 1. The van der Waals surface area contributed by atoms with Gasteiger partial charge in [0.15, 0.2) is 17.5 Å². The Morgan fingerprint density at radius 1 is 1.32 bits per heavy atom. The van der Waals surface area contributed by atoms with Gasteiger partial charge in [0.25, 0.3) is 0 Å². The third kappa shape index (κ3) is 4.66. The maximum Gasteiger partial charge on any atom is 0.188 e. The van der Waals surface area contributed by atoms with Crippen molar-refractivity contribution in [3.8, 4) is 11.5 Å². The van der Waals surface area contributed by atoms with E-state index in [1.54, 1.807) is 17.4 Å². The minimum Gasteiger partial charge on any atom is -0.504 e. The number of nitrogens with two attached hydrogens (primary N) is 1. The lowest BCUT2D eigenvalue weighted by Crippen LogP contribution is -2.33. The minimum absolute atomic E-state index is 0.181. The quantitative estimate of drug-likeness (QED) is 0.540. The fraction of sp³-hybridized carbons (Fsp3) is 0.312. The number of hydrogen-bond acceptors (Lipinski definition) is 4. The van der Waals surface area contributed by atoms with Crippen molar-refractivity contribution in [1.82, 2.24) is 5.32 Å². The summed E-state index contributed by atoms with van der Waals surface area (Å²) in [5.74, 6) is 1.09. The number of phenolic OH excluding ortho intramolecular Hbond substituents is 1. The summed E-state index contributed by atoms with van der Waals surface area (Å²) in [5.41, 5.74) is 6.64. The third-order valence-electron chi connectivity index (χ3n) is 3.22. The van der Waals surface area contributed by atoms with Crippen LogP contribution in [-0.4, -0.2) is 31.3 Å². The Labute approximate surface area is 134 Å². The van der Waals surface area contributed by atoms with Crippen LogP contribution in [0.4, 0.5) is 0 Å². The Balaban J connectivity index is 1.75. The number of phenols is 1. The van der Waals surface area contributed by atoms with Crippen molar-refractivity contribution in [3.63, 3.8) is 0 Å². The first-order valence-corrected chi connectivity index (χ1v) is 7.99. The number of aliphatic imine (C=N–C) groups is 1. The maximum atomic E-state index is 9.99. The van der Waals surface area contributed by atoms with Gasteiger partial charge in [-0.1, -0.05) is 18.2 Å². The van der Waals surface area contributed by atoms with Crippen LogP contribution >= 0.6 is 11.3 Å². The number of methoxy groups -OCH3 is 1. The largest absolute Gasteiger partial charge is 0.504 e. The second-order valence-corrected chi connectivity index (χ2v) is 5.77. The van der Waals surface area contributed by atoms with Crippen LogP contribution in [0.3, 0.4) is 0 Å². The third-order valence-corrected chi connectivity index (χ3v) is 4.16. The molecule has 0 fully saturated rings. The number of guanidine groups is 1. The molecule has 1 heterocycles. The molecule has 0 aliphatic carbocycles. The second-order valence-electron chi connectivity index (χ2n) is 4.74. The molecule has 0 saturated carbocycles. The van der Waals surface area contributed by atoms with Gasteiger partial charge in [-0.15, -0.1) is 11.3 Å². The van der Waals surface area contributed by atoms with E-state index in [4.69, 9.17) is 10.5 Å². The van der Waals surface area contributed by atoms with Crippen molar-refractivity contribution in [3.05, 3.63) is 46.2 Å². The Kier molecular flexibility index (Phi) is 6.09. The first kappa shape index (κ1) is 16.2. The summed E-state index contributed by atoms with van der Waals surface area (Å²) in [5, 5.41) is 15.1. The Morgan fingerprint density at radius 2 is 2.18 bits per heavy atom.